The molecule has 0 aromatic rings. The SMILES string of the molecule is CCCCCCCCC=CCCCCCCCCCCCCCl. The van der Waals surface area contributed by atoms with Crippen LogP contribution in [0.1, 0.15) is 122 Å². The highest BCUT2D eigenvalue weighted by atomic mass is 35.5. The van der Waals surface area contributed by atoms with E-state index in [0.29, 0.717) is 0 Å². The van der Waals surface area contributed by atoms with E-state index in [-0.39, 0.29) is 0 Å². The first kappa shape index (κ1) is 23.0. The lowest BCUT2D eigenvalue weighted by Crippen LogP contribution is -1.82. The first-order valence-electron chi connectivity index (χ1n) is 10.6. The fraction of sp³-hybridized carbons (Fsp3) is 0.909. The molecule has 1 heteroatoms. The van der Waals surface area contributed by atoms with Crippen LogP contribution in [0.5, 0.6) is 0 Å². The van der Waals surface area contributed by atoms with Gasteiger partial charge in [0.15, 0.2) is 0 Å². The zero-order chi connectivity index (χ0) is 16.8. The normalized spacial score (nSPS) is 11.6. The zero-order valence-corrected chi connectivity index (χ0v) is 16.7. The summed E-state index contributed by atoms with van der Waals surface area (Å²) in [5.41, 5.74) is 0. The van der Waals surface area contributed by atoms with E-state index < -0.39 is 0 Å². The van der Waals surface area contributed by atoms with E-state index in [4.69, 9.17) is 11.6 Å². The van der Waals surface area contributed by atoms with Crippen LogP contribution in [0, 0.1) is 0 Å². The minimum atomic E-state index is 0.841. The average molecular weight is 343 g/mol. The van der Waals surface area contributed by atoms with Gasteiger partial charge in [-0.1, -0.05) is 103 Å². The third-order valence-electron chi connectivity index (χ3n) is 4.65. The third-order valence-corrected chi connectivity index (χ3v) is 4.91. The molecule has 0 bridgehead atoms. The molecule has 0 nitrogen and oxygen atoms in total. The molecule has 0 saturated heterocycles. The highest BCUT2D eigenvalue weighted by molar-refractivity contribution is 6.17. The van der Waals surface area contributed by atoms with Crippen LogP contribution in [0.15, 0.2) is 12.2 Å². The lowest BCUT2D eigenvalue weighted by atomic mass is 10.1. The molecule has 0 aromatic heterocycles. The second kappa shape index (κ2) is 22.0. The van der Waals surface area contributed by atoms with Gasteiger partial charge in [-0.15, -0.1) is 11.6 Å². The largest absolute Gasteiger partial charge is 0.127 e. The van der Waals surface area contributed by atoms with Gasteiger partial charge in [0.25, 0.3) is 0 Å². The van der Waals surface area contributed by atoms with Crippen LogP contribution in [0.2, 0.25) is 0 Å². The van der Waals surface area contributed by atoms with Gasteiger partial charge in [0.05, 0.1) is 0 Å². The van der Waals surface area contributed by atoms with Gasteiger partial charge in [-0.25, -0.2) is 0 Å². The van der Waals surface area contributed by atoms with Gasteiger partial charge in [0.2, 0.25) is 0 Å². The monoisotopic (exact) mass is 342 g/mol. The standard InChI is InChI=1S/C22H43Cl/c1-2-3-4-5-6-7-8-9-10-11-12-13-14-15-16-17-18-19-20-21-22-23/h9-10H,2-8,11-22H2,1H3. The van der Waals surface area contributed by atoms with E-state index in [9.17, 15) is 0 Å². The molecule has 0 amide bonds. The zero-order valence-electron chi connectivity index (χ0n) is 16.0. The van der Waals surface area contributed by atoms with Gasteiger partial charge in [-0.3, -0.25) is 0 Å². The number of unbranched alkanes of at least 4 members (excludes halogenated alkanes) is 16. The Kier molecular flexibility index (Phi) is 22.1. The second-order valence-corrected chi connectivity index (χ2v) is 7.42. The molecule has 0 fully saturated rings. The predicted octanol–water partition coefficient (Wildman–Crippen LogP) is 8.82. The van der Waals surface area contributed by atoms with Crippen molar-refractivity contribution in [3.8, 4) is 0 Å². The Morgan fingerprint density at radius 2 is 0.826 bits per heavy atom. The van der Waals surface area contributed by atoms with Crippen molar-refractivity contribution in [1.29, 1.82) is 0 Å². The van der Waals surface area contributed by atoms with E-state index in [1.165, 1.54) is 116 Å². The van der Waals surface area contributed by atoms with E-state index in [2.05, 4.69) is 19.1 Å². The van der Waals surface area contributed by atoms with Crippen LogP contribution < -0.4 is 0 Å². The summed E-state index contributed by atoms with van der Waals surface area (Å²) in [5.74, 6) is 0.841. The molecule has 138 valence electrons. The van der Waals surface area contributed by atoms with Crippen LogP contribution in [-0.2, 0) is 0 Å². The summed E-state index contributed by atoms with van der Waals surface area (Å²) < 4.78 is 0. The molecule has 0 unspecified atom stereocenters. The van der Waals surface area contributed by atoms with Gasteiger partial charge in [-0.05, 0) is 32.1 Å². The van der Waals surface area contributed by atoms with Gasteiger partial charge in [-0.2, -0.15) is 0 Å². The summed E-state index contributed by atoms with van der Waals surface area (Å²) in [5, 5.41) is 0. The van der Waals surface area contributed by atoms with E-state index in [1.54, 1.807) is 0 Å². The first-order valence-corrected chi connectivity index (χ1v) is 11.2. The van der Waals surface area contributed by atoms with Crippen molar-refractivity contribution in [3.63, 3.8) is 0 Å². The molecule has 0 aliphatic rings. The lowest BCUT2D eigenvalue weighted by molar-refractivity contribution is 0.558. The van der Waals surface area contributed by atoms with Crippen LogP contribution >= 0.6 is 11.6 Å². The summed E-state index contributed by atoms with van der Waals surface area (Å²) in [6, 6.07) is 0. The molecular weight excluding hydrogens is 300 g/mol. The molecule has 23 heavy (non-hydrogen) atoms. The summed E-state index contributed by atoms with van der Waals surface area (Å²) in [7, 11) is 0. The topological polar surface area (TPSA) is 0 Å². The molecular formula is C22H43Cl. The van der Waals surface area contributed by atoms with Gasteiger partial charge >= 0.3 is 0 Å². The molecule has 0 spiro atoms. The van der Waals surface area contributed by atoms with Crippen molar-refractivity contribution in [2.24, 2.45) is 0 Å². The maximum Gasteiger partial charge on any atom is 0.0223 e. The maximum absolute atomic E-state index is 5.68. The number of halogens is 1. The Labute approximate surface area is 152 Å². The minimum Gasteiger partial charge on any atom is -0.127 e. The first-order chi connectivity index (χ1) is 11.4. The molecule has 0 atom stereocenters. The lowest BCUT2D eigenvalue weighted by Gasteiger charge is -2.01. The van der Waals surface area contributed by atoms with Crippen molar-refractivity contribution in [3.05, 3.63) is 12.2 Å². The molecule has 0 aliphatic carbocycles. The number of hydrogen-bond acceptors (Lipinski definition) is 0. The Morgan fingerprint density at radius 1 is 0.478 bits per heavy atom. The van der Waals surface area contributed by atoms with Crippen LogP contribution in [-0.4, -0.2) is 5.88 Å². The van der Waals surface area contributed by atoms with Crippen molar-refractivity contribution in [1.82, 2.24) is 0 Å². The number of allylic oxidation sites excluding steroid dienone is 2. The Morgan fingerprint density at radius 3 is 1.22 bits per heavy atom. The van der Waals surface area contributed by atoms with Gasteiger partial charge in [0, 0.05) is 5.88 Å². The van der Waals surface area contributed by atoms with Crippen LogP contribution in [0.3, 0.4) is 0 Å². The van der Waals surface area contributed by atoms with Gasteiger partial charge in [0.1, 0.15) is 0 Å². The fourth-order valence-corrected chi connectivity index (χ4v) is 3.24. The molecule has 0 heterocycles. The number of rotatable bonds is 19. The molecule has 0 aromatic carbocycles. The molecule has 0 radical (unpaired) electrons. The Hall–Kier alpha value is 0.0300. The number of alkyl halides is 1. The summed E-state index contributed by atoms with van der Waals surface area (Å²) >= 11 is 5.68. The third kappa shape index (κ3) is 22.0. The number of hydrogen-bond donors (Lipinski definition) is 0. The van der Waals surface area contributed by atoms with Gasteiger partial charge < -0.3 is 0 Å². The van der Waals surface area contributed by atoms with Crippen molar-refractivity contribution < 1.29 is 0 Å². The van der Waals surface area contributed by atoms with Crippen LogP contribution in [0.4, 0.5) is 0 Å². The van der Waals surface area contributed by atoms with E-state index >= 15 is 0 Å². The predicted molar refractivity (Wildman–Crippen MR) is 109 cm³/mol. The van der Waals surface area contributed by atoms with Crippen molar-refractivity contribution in [2.45, 2.75) is 122 Å². The highest BCUT2D eigenvalue weighted by Gasteiger charge is 1.93. The van der Waals surface area contributed by atoms with Crippen molar-refractivity contribution >= 4 is 11.6 Å². The van der Waals surface area contributed by atoms with E-state index in [0.717, 1.165) is 5.88 Å². The molecule has 0 saturated carbocycles. The highest BCUT2D eigenvalue weighted by Crippen LogP contribution is 2.12. The van der Waals surface area contributed by atoms with Crippen molar-refractivity contribution in [2.75, 3.05) is 5.88 Å². The average Bonchev–Trinajstić information content (AvgIpc) is 2.57. The fourth-order valence-electron chi connectivity index (χ4n) is 3.05. The summed E-state index contributed by atoms with van der Waals surface area (Å²) in [4.78, 5) is 0. The molecule has 0 rings (SSSR count). The molecule has 0 aliphatic heterocycles. The van der Waals surface area contributed by atoms with Crippen LogP contribution in [0.25, 0.3) is 0 Å². The minimum absolute atomic E-state index is 0.841. The Bertz CT molecular complexity index is 222. The quantitative estimate of drug-likeness (QED) is 0.125. The summed E-state index contributed by atoms with van der Waals surface area (Å²) in [6.07, 6.45) is 29.8. The smallest absolute Gasteiger partial charge is 0.0223 e. The second-order valence-electron chi connectivity index (χ2n) is 7.04. The molecule has 0 N–H and O–H groups in total. The summed E-state index contributed by atoms with van der Waals surface area (Å²) in [6.45, 7) is 2.29. The van der Waals surface area contributed by atoms with E-state index in [1.807, 2.05) is 0 Å². The maximum atomic E-state index is 5.68. The Balaban J connectivity index is 3.02.